The van der Waals surface area contributed by atoms with Crippen LogP contribution in [0.2, 0.25) is 0 Å². The SMILES string of the molecule is CN(CCOc1ccc(/C=C2\SC(=O)NC2=O)cc1)C(=O)CCc1ccccc1. The molecule has 1 fully saturated rings. The zero-order chi connectivity index (χ0) is 20.6. The van der Waals surface area contributed by atoms with Gasteiger partial charge in [-0.3, -0.25) is 19.7 Å². The fourth-order valence-corrected chi connectivity index (χ4v) is 3.43. The van der Waals surface area contributed by atoms with Crippen molar-refractivity contribution in [3.05, 3.63) is 70.6 Å². The molecule has 2 aromatic rings. The Morgan fingerprint density at radius 1 is 1.10 bits per heavy atom. The largest absolute Gasteiger partial charge is 0.492 e. The van der Waals surface area contributed by atoms with E-state index in [4.69, 9.17) is 4.74 Å². The van der Waals surface area contributed by atoms with Crippen molar-refractivity contribution in [3.63, 3.8) is 0 Å². The number of amides is 3. The van der Waals surface area contributed by atoms with Gasteiger partial charge in [-0.1, -0.05) is 42.5 Å². The Kier molecular flexibility index (Phi) is 7.08. The standard InChI is InChI=1S/C22H22N2O4S/c1-24(20(25)12-9-16-5-3-2-4-6-16)13-14-28-18-10-7-17(8-11-18)15-19-21(26)23-22(27)29-19/h2-8,10-11,15H,9,12-14H2,1H3,(H,23,26,27)/b19-15-. The van der Waals surface area contributed by atoms with Crippen LogP contribution in [0, 0.1) is 0 Å². The molecular weight excluding hydrogens is 388 g/mol. The molecule has 0 bridgehead atoms. The Bertz CT molecular complexity index is 910. The van der Waals surface area contributed by atoms with Gasteiger partial charge in [0.2, 0.25) is 5.91 Å². The second kappa shape index (κ2) is 9.93. The number of carbonyl (C=O) groups is 3. The summed E-state index contributed by atoms with van der Waals surface area (Å²) in [6.45, 7) is 0.888. The number of rotatable bonds is 8. The number of thioether (sulfide) groups is 1. The molecule has 7 heteroatoms. The fraction of sp³-hybridized carbons (Fsp3) is 0.227. The van der Waals surface area contributed by atoms with E-state index >= 15 is 0 Å². The lowest BCUT2D eigenvalue weighted by Gasteiger charge is -2.17. The summed E-state index contributed by atoms with van der Waals surface area (Å²) in [7, 11) is 1.78. The third-order valence-corrected chi connectivity index (χ3v) is 5.22. The number of nitrogens with zero attached hydrogens (tertiary/aromatic N) is 1. The number of ether oxygens (including phenoxy) is 1. The van der Waals surface area contributed by atoms with Gasteiger partial charge in [-0.2, -0.15) is 0 Å². The highest BCUT2D eigenvalue weighted by atomic mass is 32.2. The summed E-state index contributed by atoms with van der Waals surface area (Å²) in [5.41, 5.74) is 1.95. The highest BCUT2D eigenvalue weighted by molar-refractivity contribution is 8.18. The zero-order valence-electron chi connectivity index (χ0n) is 16.1. The van der Waals surface area contributed by atoms with E-state index in [-0.39, 0.29) is 17.1 Å². The average Bonchev–Trinajstić information content (AvgIpc) is 3.04. The van der Waals surface area contributed by atoms with Gasteiger partial charge in [0.15, 0.2) is 0 Å². The lowest BCUT2D eigenvalue weighted by Crippen LogP contribution is -2.31. The first-order valence-electron chi connectivity index (χ1n) is 9.27. The first-order valence-corrected chi connectivity index (χ1v) is 10.1. The Morgan fingerprint density at radius 2 is 1.83 bits per heavy atom. The highest BCUT2D eigenvalue weighted by Crippen LogP contribution is 2.26. The van der Waals surface area contributed by atoms with Crippen LogP contribution in [0.3, 0.4) is 0 Å². The molecule has 3 rings (SSSR count). The van der Waals surface area contributed by atoms with Crippen molar-refractivity contribution in [2.45, 2.75) is 12.8 Å². The van der Waals surface area contributed by atoms with Crippen molar-refractivity contribution in [2.24, 2.45) is 0 Å². The monoisotopic (exact) mass is 410 g/mol. The van der Waals surface area contributed by atoms with E-state index in [1.54, 1.807) is 30.2 Å². The molecule has 0 aromatic heterocycles. The summed E-state index contributed by atoms with van der Waals surface area (Å²) >= 11 is 0.888. The van der Waals surface area contributed by atoms with Gasteiger partial charge in [-0.05, 0) is 47.5 Å². The van der Waals surface area contributed by atoms with Crippen molar-refractivity contribution >= 4 is 34.9 Å². The van der Waals surface area contributed by atoms with E-state index in [0.29, 0.717) is 30.2 Å². The van der Waals surface area contributed by atoms with Crippen molar-refractivity contribution in [3.8, 4) is 5.75 Å². The lowest BCUT2D eigenvalue weighted by atomic mass is 10.1. The topological polar surface area (TPSA) is 75.7 Å². The molecule has 150 valence electrons. The third-order valence-electron chi connectivity index (χ3n) is 4.41. The van der Waals surface area contributed by atoms with Gasteiger partial charge in [-0.25, -0.2) is 0 Å². The molecule has 1 saturated heterocycles. The molecule has 3 amide bonds. The lowest BCUT2D eigenvalue weighted by molar-refractivity contribution is -0.130. The van der Waals surface area contributed by atoms with E-state index in [1.165, 1.54) is 0 Å². The quantitative estimate of drug-likeness (QED) is 0.675. The number of benzene rings is 2. The first kappa shape index (κ1) is 20.7. The molecule has 1 N–H and O–H groups in total. The Hall–Kier alpha value is -3.06. The minimum Gasteiger partial charge on any atom is -0.492 e. The molecular formula is C22H22N2O4S. The second-order valence-electron chi connectivity index (χ2n) is 6.57. The molecule has 0 atom stereocenters. The normalized spacial score (nSPS) is 14.7. The maximum absolute atomic E-state index is 12.2. The minimum absolute atomic E-state index is 0.0845. The molecule has 1 heterocycles. The second-order valence-corrected chi connectivity index (χ2v) is 7.59. The maximum Gasteiger partial charge on any atom is 0.290 e. The maximum atomic E-state index is 12.2. The van der Waals surface area contributed by atoms with Gasteiger partial charge in [-0.15, -0.1) is 0 Å². The van der Waals surface area contributed by atoms with Crippen LogP contribution in [0.1, 0.15) is 17.5 Å². The van der Waals surface area contributed by atoms with Crippen molar-refractivity contribution in [1.29, 1.82) is 0 Å². The Morgan fingerprint density at radius 3 is 2.48 bits per heavy atom. The van der Waals surface area contributed by atoms with Crippen LogP contribution in [0.25, 0.3) is 6.08 Å². The van der Waals surface area contributed by atoms with E-state index < -0.39 is 0 Å². The summed E-state index contributed by atoms with van der Waals surface area (Å²) in [6.07, 6.45) is 2.86. The predicted octanol–water partition coefficient (Wildman–Crippen LogP) is 3.48. The fourth-order valence-electron chi connectivity index (χ4n) is 2.74. The zero-order valence-corrected chi connectivity index (χ0v) is 16.9. The van der Waals surface area contributed by atoms with Gasteiger partial charge in [0.1, 0.15) is 12.4 Å². The number of likely N-dealkylation sites (N-methyl/N-ethyl adjacent to an activating group) is 1. The Balaban J connectivity index is 1.42. The molecule has 1 aliphatic heterocycles. The van der Waals surface area contributed by atoms with Crippen LogP contribution in [-0.4, -0.2) is 42.2 Å². The minimum atomic E-state index is -0.375. The van der Waals surface area contributed by atoms with Crippen LogP contribution < -0.4 is 10.1 Å². The molecule has 0 radical (unpaired) electrons. The molecule has 0 spiro atoms. The van der Waals surface area contributed by atoms with E-state index in [9.17, 15) is 14.4 Å². The number of carbonyl (C=O) groups excluding carboxylic acids is 3. The van der Waals surface area contributed by atoms with E-state index in [2.05, 4.69) is 5.32 Å². The number of imide groups is 1. The molecule has 6 nitrogen and oxygen atoms in total. The highest BCUT2D eigenvalue weighted by Gasteiger charge is 2.24. The third kappa shape index (κ3) is 6.22. The van der Waals surface area contributed by atoms with Crippen LogP contribution in [0.15, 0.2) is 59.5 Å². The van der Waals surface area contributed by atoms with Gasteiger partial charge in [0, 0.05) is 13.5 Å². The smallest absolute Gasteiger partial charge is 0.290 e. The first-order chi connectivity index (χ1) is 14.0. The predicted molar refractivity (Wildman–Crippen MR) is 113 cm³/mol. The number of hydrogen-bond donors (Lipinski definition) is 1. The van der Waals surface area contributed by atoms with Crippen molar-refractivity contribution < 1.29 is 19.1 Å². The van der Waals surface area contributed by atoms with Crippen LogP contribution >= 0.6 is 11.8 Å². The van der Waals surface area contributed by atoms with Gasteiger partial charge in [0.25, 0.3) is 11.1 Å². The van der Waals surface area contributed by atoms with E-state index in [1.807, 2.05) is 42.5 Å². The summed E-state index contributed by atoms with van der Waals surface area (Å²) < 4.78 is 5.70. The van der Waals surface area contributed by atoms with Crippen LogP contribution in [0.5, 0.6) is 5.75 Å². The van der Waals surface area contributed by atoms with Gasteiger partial charge >= 0.3 is 0 Å². The molecule has 29 heavy (non-hydrogen) atoms. The number of nitrogens with one attached hydrogen (secondary N) is 1. The summed E-state index contributed by atoms with van der Waals surface area (Å²) in [4.78, 5) is 37.0. The van der Waals surface area contributed by atoms with E-state index in [0.717, 1.165) is 29.3 Å². The van der Waals surface area contributed by atoms with Crippen molar-refractivity contribution in [1.82, 2.24) is 10.2 Å². The average molecular weight is 410 g/mol. The molecule has 2 aromatic carbocycles. The molecule has 0 unspecified atom stereocenters. The number of aryl methyl sites for hydroxylation is 1. The number of hydrogen-bond acceptors (Lipinski definition) is 5. The van der Waals surface area contributed by atoms with Crippen LogP contribution in [-0.2, 0) is 16.0 Å². The Labute approximate surface area is 173 Å². The molecule has 0 aliphatic carbocycles. The van der Waals surface area contributed by atoms with Gasteiger partial charge < -0.3 is 9.64 Å². The van der Waals surface area contributed by atoms with Crippen molar-refractivity contribution in [2.75, 3.05) is 20.2 Å². The van der Waals surface area contributed by atoms with Crippen LogP contribution in [0.4, 0.5) is 4.79 Å². The van der Waals surface area contributed by atoms with Gasteiger partial charge in [0.05, 0.1) is 11.4 Å². The molecule has 1 aliphatic rings. The summed E-state index contributed by atoms with van der Waals surface area (Å²) in [5, 5.41) is 1.87. The summed E-state index contributed by atoms with van der Waals surface area (Å²) in [6, 6.07) is 17.2. The summed E-state index contributed by atoms with van der Waals surface area (Å²) in [5.74, 6) is 0.387. The molecule has 0 saturated carbocycles.